The van der Waals surface area contributed by atoms with E-state index in [0.717, 1.165) is 12.2 Å². The molecule has 1 aliphatic rings. The molecule has 3 rings (SSSR count). The van der Waals surface area contributed by atoms with Crippen LogP contribution >= 0.6 is 0 Å². The molecular weight excluding hydrogens is 250 g/mol. The van der Waals surface area contributed by atoms with Crippen LogP contribution in [0.1, 0.15) is 55.6 Å². The fraction of sp³-hybridized carbons (Fsp3) is 0.500. The van der Waals surface area contributed by atoms with E-state index < -0.39 is 0 Å². The molecule has 1 N–H and O–H groups in total. The smallest absolute Gasteiger partial charge is 0.223 e. The van der Waals surface area contributed by atoms with E-state index in [2.05, 4.69) is 53.6 Å². The highest BCUT2D eigenvalue weighted by Crippen LogP contribution is 2.41. The molecule has 1 aliphatic carbocycles. The van der Waals surface area contributed by atoms with Gasteiger partial charge in [0.25, 0.3) is 0 Å². The Hall–Kier alpha value is -1.68. The van der Waals surface area contributed by atoms with Gasteiger partial charge in [-0.2, -0.15) is 4.98 Å². The van der Waals surface area contributed by atoms with E-state index in [1.54, 1.807) is 0 Å². The highest BCUT2D eigenvalue weighted by Gasteiger charge is 2.32. The SMILES string of the molecule is Cc1nc(CNC2CCC(C)(C)c3ccccc32)no1. The minimum absolute atomic E-state index is 0.261. The Morgan fingerprint density at radius 1 is 1.35 bits per heavy atom. The average Bonchev–Trinajstić information content (AvgIpc) is 2.84. The van der Waals surface area contributed by atoms with Crippen molar-refractivity contribution in [3.63, 3.8) is 0 Å². The van der Waals surface area contributed by atoms with Gasteiger partial charge in [-0.15, -0.1) is 0 Å². The molecule has 106 valence electrons. The Labute approximate surface area is 119 Å². The molecule has 0 amide bonds. The van der Waals surface area contributed by atoms with Crippen molar-refractivity contribution >= 4 is 0 Å². The van der Waals surface area contributed by atoms with Crippen molar-refractivity contribution in [2.75, 3.05) is 0 Å². The second kappa shape index (κ2) is 5.02. The first-order valence-electron chi connectivity index (χ1n) is 7.18. The van der Waals surface area contributed by atoms with E-state index in [1.165, 1.54) is 17.5 Å². The normalized spacial score (nSPS) is 20.6. The summed E-state index contributed by atoms with van der Waals surface area (Å²) in [6, 6.07) is 9.11. The number of nitrogens with zero attached hydrogens (tertiary/aromatic N) is 2. The van der Waals surface area contributed by atoms with Crippen molar-refractivity contribution < 1.29 is 4.52 Å². The fourth-order valence-electron chi connectivity index (χ4n) is 3.05. The van der Waals surface area contributed by atoms with E-state index in [9.17, 15) is 0 Å². The van der Waals surface area contributed by atoms with Gasteiger partial charge >= 0.3 is 0 Å². The van der Waals surface area contributed by atoms with Crippen molar-refractivity contribution in [1.82, 2.24) is 15.5 Å². The van der Waals surface area contributed by atoms with Crippen molar-refractivity contribution in [2.45, 2.75) is 51.6 Å². The number of hydrogen-bond acceptors (Lipinski definition) is 4. The molecule has 0 spiro atoms. The van der Waals surface area contributed by atoms with Crippen LogP contribution in [0.15, 0.2) is 28.8 Å². The molecular formula is C16H21N3O. The Bertz CT molecular complexity index is 603. The number of benzene rings is 1. The van der Waals surface area contributed by atoms with Gasteiger partial charge in [0.2, 0.25) is 5.89 Å². The van der Waals surface area contributed by atoms with E-state index >= 15 is 0 Å². The molecule has 0 fully saturated rings. The van der Waals surface area contributed by atoms with Crippen LogP contribution in [0.4, 0.5) is 0 Å². The minimum atomic E-state index is 0.261. The van der Waals surface area contributed by atoms with E-state index in [1.807, 2.05) is 6.92 Å². The number of fused-ring (bicyclic) bond motifs is 1. The first kappa shape index (κ1) is 13.3. The number of aryl methyl sites for hydroxylation is 1. The summed E-state index contributed by atoms with van der Waals surface area (Å²) in [5.41, 5.74) is 3.12. The van der Waals surface area contributed by atoms with E-state index in [-0.39, 0.29) is 5.41 Å². The quantitative estimate of drug-likeness (QED) is 0.930. The molecule has 0 saturated heterocycles. The molecule has 4 nitrogen and oxygen atoms in total. The number of nitrogens with one attached hydrogen (secondary N) is 1. The van der Waals surface area contributed by atoms with Crippen LogP contribution in [0.5, 0.6) is 0 Å². The lowest BCUT2D eigenvalue weighted by atomic mass is 9.71. The van der Waals surface area contributed by atoms with E-state index in [4.69, 9.17) is 4.52 Å². The Morgan fingerprint density at radius 2 is 2.15 bits per heavy atom. The molecule has 0 saturated carbocycles. The highest BCUT2D eigenvalue weighted by molar-refractivity contribution is 5.38. The summed E-state index contributed by atoms with van der Waals surface area (Å²) in [5.74, 6) is 1.34. The Morgan fingerprint density at radius 3 is 2.90 bits per heavy atom. The summed E-state index contributed by atoms with van der Waals surface area (Å²) < 4.78 is 5.01. The second-order valence-corrected chi connectivity index (χ2v) is 6.17. The van der Waals surface area contributed by atoms with Gasteiger partial charge in [0, 0.05) is 13.0 Å². The topological polar surface area (TPSA) is 51.0 Å². The van der Waals surface area contributed by atoms with Crippen LogP contribution in [-0.2, 0) is 12.0 Å². The maximum absolute atomic E-state index is 5.01. The zero-order chi connectivity index (χ0) is 14.2. The van der Waals surface area contributed by atoms with Crippen LogP contribution in [0, 0.1) is 6.92 Å². The molecule has 0 radical (unpaired) electrons. The third kappa shape index (κ3) is 2.48. The van der Waals surface area contributed by atoms with Crippen LogP contribution < -0.4 is 5.32 Å². The second-order valence-electron chi connectivity index (χ2n) is 6.17. The first-order chi connectivity index (χ1) is 9.56. The van der Waals surface area contributed by atoms with Gasteiger partial charge in [-0.05, 0) is 29.4 Å². The minimum Gasteiger partial charge on any atom is -0.340 e. The van der Waals surface area contributed by atoms with Gasteiger partial charge in [-0.25, -0.2) is 0 Å². The number of hydrogen-bond donors (Lipinski definition) is 1. The summed E-state index contributed by atoms with van der Waals surface area (Å²) in [7, 11) is 0. The Balaban J connectivity index is 1.78. The molecule has 2 aromatic rings. The monoisotopic (exact) mass is 271 g/mol. The van der Waals surface area contributed by atoms with Gasteiger partial charge in [0.15, 0.2) is 5.82 Å². The molecule has 1 unspecified atom stereocenters. The summed E-state index contributed by atoms with van der Waals surface area (Å²) in [6.07, 6.45) is 2.33. The van der Waals surface area contributed by atoms with E-state index in [0.29, 0.717) is 18.5 Å². The van der Waals surface area contributed by atoms with Gasteiger partial charge in [-0.1, -0.05) is 43.3 Å². The molecule has 0 bridgehead atoms. The molecule has 1 atom stereocenters. The average molecular weight is 271 g/mol. The lowest BCUT2D eigenvalue weighted by Gasteiger charge is -2.37. The zero-order valence-corrected chi connectivity index (χ0v) is 12.3. The van der Waals surface area contributed by atoms with Gasteiger partial charge < -0.3 is 9.84 Å². The summed E-state index contributed by atoms with van der Waals surface area (Å²) in [6.45, 7) is 7.11. The van der Waals surface area contributed by atoms with Gasteiger partial charge in [0.1, 0.15) is 0 Å². The predicted molar refractivity (Wildman–Crippen MR) is 77.3 cm³/mol. The number of aromatic nitrogens is 2. The van der Waals surface area contributed by atoms with Crippen LogP contribution in [0.3, 0.4) is 0 Å². The lowest BCUT2D eigenvalue weighted by Crippen LogP contribution is -2.32. The Kier molecular flexibility index (Phi) is 3.34. The summed E-state index contributed by atoms with van der Waals surface area (Å²) in [5, 5.41) is 7.50. The van der Waals surface area contributed by atoms with Crippen LogP contribution in [-0.4, -0.2) is 10.1 Å². The maximum atomic E-state index is 5.01. The highest BCUT2D eigenvalue weighted by atomic mass is 16.5. The predicted octanol–water partition coefficient (Wildman–Crippen LogP) is 3.28. The zero-order valence-electron chi connectivity index (χ0n) is 12.3. The van der Waals surface area contributed by atoms with Crippen molar-refractivity contribution in [2.24, 2.45) is 0 Å². The van der Waals surface area contributed by atoms with Gasteiger partial charge in [0.05, 0.1) is 6.54 Å². The van der Waals surface area contributed by atoms with Crippen molar-refractivity contribution in [1.29, 1.82) is 0 Å². The molecule has 0 aliphatic heterocycles. The third-order valence-corrected chi connectivity index (χ3v) is 4.20. The standard InChI is InChI=1S/C16H21N3O/c1-11-18-15(19-20-11)10-17-14-8-9-16(2,3)13-7-5-4-6-12(13)14/h4-7,14,17H,8-10H2,1-3H3. The van der Waals surface area contributed by atoms with Gasteiger partial charge in [-0.3, -0.25) is 0 Å². The molecule has 1 aromatic carbocycles. The van der Waals surface area contributed by atoms with Crippen molar-refractivity contribution in [3.05, 3.63) is 47.1 Å². The van der Waals surface area contributed by atoms with Crippen LogP contribution in [0.25, 0.3) is 0 Å². The summed E-state index contributed by atoms with van der Waals surface area (Å²) in [4.78, 5) is 4.24. The molecule has 20 heavy (non-hydrogen) atoms. The van der Waals surface area contributed by atoms with Crippen LogP contribution in [0.2, 0.25) is 0 Å². The fourth-order valence-corrected chi connectivity index (χ4v) is 3.05. The first-order valence-corrected chi connectivity index (χ1v) is 7.18. The molecule has 1 heterocycles. The summed E-state index contributed by atoms with van der Waals surface area (Å²) >= 11 is 0. The van der Waals surface area contributed by atoms with Crippen molar-refractivity contribution in [3.8, 4) is 0 Å². The molecule has 4 heteroatoms. The molecule has 1 aromatic heterocycles. The third-order valence-electron chi connectivity index (χ3n) is 4.20. The number of rotatable bonds is 3. The lowest BCUT2D eigenvalue weighted by molar-refractivity contribution is 0.349. The maximum Gasteiger partial charge on any atom is 0.223 e. The largest absolute Gasteiger partial charge is 0.340 e.